The van der Waals surface area contributed by atoms with Crippen molar-refractivity contribution in [2.45, 2.75) is 163 Å². The van der Waals surface area contributed by atoms with Crippen LogP contribution in [0, 0.1) is 5.41 Å². The molecule has 0 saturated carbocycles. The zero-order valence-electron chi connectivity index (χ0n) is 21.6. The average molecular weight is 439 g/mol. The van der Waals surface area contributed by atoms with Gasteiger partial charge in [0.2, 0.25) is 0 Å². The maximum Gasteiger partial charge on any atom is 0.319 e. The number of esters is 2. The van der Waals surface area contributed by atoms with Gasteiger partial charge in [0.15, 0.2) is 0 Å². The summed E-state index contributed by atoms with van der Waals surface area (Å²) in [7, 11) is 0. The fourth-order valence-electron chi connectivity index (χ4n) is 4.59. The van der Waals surface area contributed by atoms with E-state index in [2.05, 4.69) is 20.8 Å². The molecular weight excluding hydrogens is 384 g/mol. The Balaban J connectivity index is 3.77. The number of hydrogen-bond acceptors (Lipinski definition) is 3. The predicted octanol–water partition coefficient (Wildman–Crippen LogP) is 9.31. The summed E-state index contributed by atoms with van der Waals surface area (Å²) >= 11 is 0. The summed E-state index contributed by atoms with van der Waals surface area (Å²) in [6, 6.07) is 0. The third-order valence-corrected chi connectivity index (χ3v) is 6.86. The summed E-state index contributed by atoms with van der Waals surface area (Å²) in [4.78, 5) is 23.8. The Morgan fingerprint density at radius 3 is 1.26 bits per heavy atom. The number of hydrogen-bond donors (Lipinski definition) is 0. The molecule has 0 aromatic carbocycles. The lowest BCUT2D eigenvalue weighted by atomic mass is 9.76. The smallest absolute Gasteiger partial charge is 0.319 e. The topological polar surface area (TPSA) is 43.4 Å². The van der Waals surface area contributed by atoms with Gasteiger partial charge in [0.1, 0.15) is 0 Å². The molecule has 0 saturated heterocycles. The molecule has 1 unspecified atom stereocenters. The highest BCUT2D eigenvalue weighted by Crippen LogP contribution is 2.36. The van der Waals surface area contributed by atoms with Gasteiger partial charge in [0.05, 0.1) is 5.41 Å². The number of rotatable bonds is 22. The Hall–Kier alpha value is -0.860. The molecule has 3 nitrogen and oxygen atoms in total. The summed E-state index contributed by atoms with van der Waals surface area (Å²) in [6.45, 7) is 7.81. The van der Waals surface area contributed by atoms with E-state index in [-0.39, 0.29) is 5.97 Å². The lowest BCUT2D eigenvalue weighted by Crippen LogP contribution is -2.33. The van der Waals surface area contributed by atoms with Crippen LogP contribution in [0.2, 0.25) is 0 Å². The van der Waals surface area contributed by atoms with Gasteiger partial charge in [-0.2, -0.15) is 0 Å². The molecule has 0 bridgehead atoms. The molecule has 0 aliphatic carbocycles. The molecule has 31 heavy (non-hydrogen) atoms. The number of carbonyl (C=O) groups is 2. The fourth-order valence-corrected chi connectivity index (χ4v) is 4.59. The molecule has 184 valence electrons. The highest BCUT2D eigenvalue weighted by atomic mass is 16.6. The van der Waals surface area contributed by atoms with Crippen LogP contribution in [0.5, 0.6) is 0 Å². The van der Waals surface area contributed by atoms with Gasteiger partial charge in [-0.15, -0.1) is 0 Å². The van der Waals surface area contributed by atoms with Gasteiger partial charge in [0, 0.05) is 6.92 Å². The minimum Gasteiger partial charge on any atom is -0.393 e. The zero-order chi connectivity index (χ0) is 23.2. The van der Waals surface area contributed by atoms with Gasteiger partial charge in [0.25, 0.3) is 0 Å². The van der Waals surface area contributed by atoms with E-state index < -0.39 is 11.4 Å². The van der Waals surface area contributed by atoms with Gasteiger partial charge in [-0.1, -0.05) is 136 Å². The molecule has 0 aromatic heterocycles. The van der Waals surface area contributed by atoms with Crippen LogP contribution >= 0.6 is 0 Å². The van der Waals surface area contributed by atoms with Crippen molar-refractivity contribution in [3.8, 4) is 0 Å². The van der Waals surface area contributed by atoms with Crippen molar-refractivity contribution in [3.05, 3.63) is 0 Å². The van der Waals surface area contributed by atoms with Crippen LogP contribution in [-0.2, 0) is 14.3 Å². The van der Waals surface area contributed by atoms with Crippen LogP contribution in [0.3, 0.4) is 0 Å². The SMILES string of the molecule is CCCCCCCCCCCCCCCCCCC(CC)(CCCC)C(=O)OC(C)=O. The Labute approximate surface area is 194 Å². The number of ether oxygens (including phenoxy) is 1. The van der Waals surface area contributed by atoms with Crippen molar-refractivity contribution in [1.82, 2.24) is 0 Å². The molecule has 0 fully saturated rings. The first-order valence-electron chi connectivity index (χ1n) is 13.7. The zero-order valence-corrected chi connectivity index (χ0v) is 21.6. The van der Waals surface area contributed by atoms with Crippen LogP contribution in [-0.4, -0.2) is 11.9 Å². The van der Waals surface area contributed by atoms with E-state index in [1.54, 1.807) is 0 Å². The molecule has 0 radical (unpaired) electrons. The van der Waals surface area contributed by atoms with Gasteiger partial charge in [-0.3, -0.25) is 9.59 Å². The van der Waals surface area contributed by atoms with E-state index in [0.717, 1.165) is 38.5 Å². The third kappa shape index (κ3) is 16.4. The maximum absolute atomic E-state index is 12.6. The van der Waals surface area contributed by atoms with Gasteiger partial charge in [-0.25, -0.2) is 0 Å². The first kappa shape index (κ1) is 30.1. The standard InChI is InChI=1S/C28H54O3/c1-5-8-10-11-12-13-14-15-16-17-18-19-20-21-22-23-25-28(7-3,24-9-6-2)27(30)31-26(4)29/h5-25H2,1-4H3. The second kappa shape index (κ2) is 21.0. The molecule has 0 spiro atoms. The first-order chi connectivity index (χ1) is 15.0. The summed E-state index contributed by atoms with van der Waals surface area (Å²) in [5.41, 5.74) is -0.461. The largest absolute Gasteiger partial charge is 0.393 e. The summed E-state index contributed by atoms with van der Waals surface area (Å²) in [6.07, 6.45) is 26.2. The molecule has 0 rings (SSSR count). The first-order valence-corrected chi connectivity index (χ1v) is 13.7. The highest BCUT2D eigenvalue weighted by Gasteiger charge is 2.37. The monoisotopic (exact) mass is 438 g/mol. The lowest BCUT2D eigenvalue weighted by molar-refractivity contribution is -0.167. The molecule has 0 N–H and O–H groups in total. The van der Waals surface area contributed by atoms with Crippen LogP contribution in [0.25, 0.3) is 0 Å². The van der Waals surface area contributed by atoms with E-state index in [1.807, 2.05) is 0 Å². The summed E-state index contributed by atoms with van der Waals surface area (Å²) < 4.78 is 5.01. The Morgan fingerprint density at radius 1 is 0.548 bits per heavy atom. The summed E-state index contributed by atoms with van der Waals surface area (Å²) in [5.74, 6) is -0.775. The molecule has 1 atom stereocenters. The van der Waals surface area contributed by atoms with Gasteiger partial charge in [-0.05, 0) is 19.3 Å². The average Bonchev–Trinajstić information content (AvgIpc) is 2.75. The van der Waals surface area contributed by atoms with Crippen molar-refractivity contribution < 1.29 is 14.3 Å². The quantitative estimate of drug-likeness (QED) is 0.0960. The Bertz CT molecular complexity index is 432. The van der Waals surface area contributed by atoms with Crippen molar-refractivity contribution in [3.63, 3.8) is 0 Å². The van der Waals surface area contributed by atoms with E-state index >= 15 is 0 Å². The van der Waals surface area contributed by atoms with Crippen molar-refractivity contribution in [1.29, 1.82) is 0 Å². The number of unbranched alkanes of at least 4 members (excludes halogenated alkanes) is 16. The maximum atomic E-state index is 12.6. The molecule has 0 aliphatic heterocycles. The lowest BCUT2D eigenvalue weighted by Gasteiger charge is -2.30. The second-order valence-corrected chi connectivity index (χ2v) is 9.67. The van der Waals surface area contributed by atoms with Crippen molar-refractivity contribution >= 4 is 11.9 Å². The third-order valence-electron chi connectivity index (χ3n) is 6.86. The van der Waals surface area contributed by atoms with Crippen molar-refractivity contribution in [2.75, 3.05) is 0 Å². The van der Waals surface area contributed by atoms with Crippen LogP contribution in [0.1, 0.15) is 163 Å². The van der Waals surface area contributed by atoms with E-state index in [1.165, 1.54) is 103 Å². The predicted molar refractivity (Wildman–Crippen MR) is 133 cm³/mol. The minimum atomic E-state index is -0.480. The van der Waals surface area contributed by atoms with E-state index in [4.69, 9.17) is 4.74 Å². The van der Waals surface area contributed by atoms with Crippen LogP contribution in [0.4, 0.5) is 0 Å². The number of carbonyl (C=O) groups excluding carboxylic acids is 2. The summed E-state index contributed by atoms with van der Waals surface area (Å²) in [5, 5.41) is 0. The van der Waals surface area contributed by atoms with Crippen molar-refractivity contribution in [2.24, 2.45) is 5.41 Å². The van der Waals surface area contributed by atoms with Gasteiger partial charge < -0.3 is 4.74 Å². The molecule has 0 amide bonds. The molecular formula is C28H54O3. The van der Waals surface area contributed by atoms with E-state index in [9.17, 15) is 9.59 Å². The van der Waals surface area contributed by atoms with Gasteiger partial charge >= 0.3 is 11.9 Å². The molecule has 0 aromatic rings. The van der Waals surface area contributed by atoms with E-state index in [0.29, 0.717) is 0 Å². The highest BCUT2D eigenvalue weighted by molar-refractivity contribution is 5.87. The Kier molecular flexibility index (Phi) is 20.4. The Morgan fingerprint density at radius 2 is 0.903 bits per heavy atom. The van der Waals surface area contributed by atoms with Crippen LogP contribution in [0.15, 0.2) is 0 Å². The fraction of sp³-hybridized carbons (Fsp3) is 0.929. The van der Waals surface area contributed by atoms with Crippen LogP contribution < -0.4 is 0 Å². The molecule has 0 heterocycles. The minimum absolute atomic E-state index is 0.295. The molecule has 0 aliphatic rings. The second-order valence-electron chi connectivity index (χ2n) is 9.67. The normalized spacial score (nSPS) is 13.2. The molecule has 3 heteroatoms.